The number of ether oxygens (including phenoxy) is 2. The molecule has 3 nitrogen and oxygen atoms in total. The molecule has 0 saturated carbocycles. The minimum atomic E-state index is 0.889. The Hall–Kier alpha value is -0.750. The van der Waals surface area contributed by atoms with Crippen LogP contribution in [0, 0.1) is 3.57 Å². The topological polar surface area (TPSA) is 30.5 Å². The average Bonchev–Trinajstić information content (AvgIpc) is 2.39. The summed E-state index contributed by atoms with van der Waals surface area (Å²) in [5.41, 5.74) is 2.40. The molecule has 4 heteroatoms. The Balaban J connectivity index is 2.46. The Morgan fingerprint density at radius 3 is 2.53 bits per heavy atom. The van der Waals surface area contributed by atoms with Crippen LogP contribution in [0.5, 0.6) is 11.5 Å². The summed E-state index contributed by atoms with van der Waals surface area (Å²) < 4.78 is 11.9. The van der Waals surface area contributed by atoms with Crippen molar-refractivity contribution in [2.45, 2.75) is 6.42 Å². The molecule has 17 heavy (non-hydrogen) atoms. The number of halogens is 1. The highest BCUT2D eigenvalue weighted by molar-refractivity contribution is 14.1. The van der Waals surface area contributed by atoms with Crippen LogP contribution in [0.15, 0.2) is 18.2 Å². The van der Waals surface area contributed by atoms with E-state index in [4.69, 9.17) is 9.47 Å². The van der Waals surface area contributed by atoms with E-state index in [1.807, 2.05) is 6.07 Å². The summed E-state index contributed by atoms with van der Waals surface area (Å²) in [6.07, 6.45) is 3.33. The molecule has 92 valence electrons. The molecule has 2 rings (SSSR count). The second-order valence-electron chi connectivity index (χ2n) is 3.88. The van der Waals surface area contributed by atoms with Gasteiger partial charge in [0.25, 0.3) is 0 Å². The lowest BCUT2D eigenvalue weighted by atomic mass is 10.0. The van der Waals surface area contributed by atoms with Crippen molar-refractivity contribution >= 4 is 28.2 Å². The average molecular weight is 345 g/mol. The standard InChI is InChI=1S/C13H16INO2/c1-16-12-7-11(14)13(17-2)6-10(12)9-4-3-5-15-8-9/h4,6-7,15H,3,5,8H2,1-2H3. The molecule has 0 atom stereocenters. The zero-order valence-corrected chi connectivity index (χ0v) is 12.2. The largest absolute Gasteiger partial charge is 0.496 e. The zero-order valence-electron chi connectivity index (χ0n) is 10.0. The van der Waals surface area contributed by atoms with E-state index in [1.165, 1.54) is 5.57 Å². The molecule has 1 aromatic rings. The third-order valence-electron chi connectivity index (χ3n) is 2.85. The zero-order chi connectivity index (χ0) is 12.3. The molecule has 1 N–H and O–H groups in total. The SMILES string of the molecule is COc1cc(C2=CCCNC2)c(OC)cc1I. The number of methoxy groups -OCH3 is 2. The quantitative estimate of drug-likeness (QED) is 0.855. The number of rotatable bonds is 3. The molecular formula is C13H16INO2. The normalized spacial score (nSPS) is 15.4. The molecule has 0 aromatic heterocycles. The third-order valence-corrected chi connectivity index (χ3v) is 3.69. The van der Waals surface area contributed by atoms with Crippen molar-refractivity contribution < 1.29 is 9.47 Å². The second kappa shape index (κ2) is 5.73. The maximum absolute atomic E-state index is 5.45. The van der Waals surface area contributed by atoms with Gasteiger partial charge >= 0.3 is 0 Å². The van der Waals surface area contributed by atoms with Crippen LogP contribution in [0.4, 0.5) is 0 Å². The molecule has 0 unspecified atom stereocenters. The van der Waals surface area contributed by atoms with E-state index in [1.54, 1.807) is 14.2 Å². The van der Waals surface area contributed by atoms with Crippen LogP contribution < -0.4 is 14.8 Å². The summed E-state index contributed by atoms with van der Waals surface area (Å²) >= 11 is 2.26. The molecule has 0 amide bonds. The minimum absolute atomic E-state index is 0.889. The molecular weight excluding hydrogens is 329 g/mol. The lowest BCUT2D eigenvalue weighted by molar-refractivity contribution is 0.399. The van der Waals surface area contributed by atoms with Gasteiger partial charge in [-0.3, -0.25) is 0 Å². The van der Waals surface area contributed by atoms with Crippen LogP contribution in [-0.2, 0) is 0 Å². The lowest BCUT2D eigenvalue weighted by Crippen LogP contribution is -2.21. The van der Waals surface area contributed by atoms with E-state index in [0.717, 1.165) is 40.1 Å². The minimum Gasteiger partial charge on any atom is -0.496 e. The predicted molar refractivity (Wildman–Crippen MR) is 77.7 cm³/mol. The van der Waals surface area contributed by atoms with Gasteiger partial charge < -0.3 is 14.8 Å². The molecule has 1 aromatic carbocycles. The third kappa shape index (κ3) is 2.74. The number of hydrogen-bond donors (Lipinski definition) is 1. The highest BCUT2D eigenvalue weighted by Gasteiger charge is 2.14. The molecule has 0 saturated heterocycles. The van der Waals surface area contributed by atoms with Gasteiger partial charge in [0.2, 0.25) is 0 Å². The van der Waals surface area contributed by atoms with Gasteiger partial charge in [-0.05, 0) is 53.3 Å². The summed E-state index contributed by atoms with van der Waals surface area (Å²) in [6.45, 7) is 1.94. The van der Waals surface area contributed by atoms with Crippen LogP contribution in [-0.4, -0.2) is 27.3 Å². The smallest absolute Gasteiger partial charge is 0.133 e. The molecule has 0 radical (unpaired) electrons. The Labute approximate surface area is 115 Å². The van der Waals surface area contributed by atoms with Crippen LogP contribution in [0.3, 0.4) is 0 Å². The summed E-state index contributed by atoms with van der Waals surface area (Å²) in [4.78, 5) is 0. The molecule has 0 bridgehead atoms. The highest BCUT2D eigenvalue weighted by atomic mass is 127. The number of hydrogen-bond acceptors (Lipinski definition) is 3. The van der Waals surface area contributed by atoms with Crippen molar-refractivity contribution in [3.63, 3.8) is 0 Å². The monoisotopic (exact) mass is 345 g/mol. The van der Waals surface area contributed by atoms with Crippen molar-refractivity contribution in [3.8, 4) is 11.5 Å². The van der Waals surface area contributed by atoms with Gasteiger partial charge in [0.1, 0.15) is 11.5 Å². The van der Waals surface area contributed by atoms with Crippen LogP contribution in [0.25, 0.3) is 5.57 Å². The summed E-state index contributed by atoms with van der Waals surface area (Å²) in [5.74, 6) is 1.80. The first-order valence-electron chi connectivity index (χ1n) is 5.58. The Kier molecular flexibility index (Phi) is 4.28. The summed E-state index contributed by atoms with van der Waals surface area (Å²) in [6, 6.07) is 4.07. The first-order valence-corrected chi connectivity index (χ1v) is 6.65. The number of nitrogens with one attached hydrogen (secondary N) is 1. The van der Waals surface area contributed by atoms with E-state index >= 15 is 0 Å². The maximum atomic E-state index is 5.45. The first kappa shape index (κ1) is 12.7. The van der Waals surface area contributed by atoms with Gasteiger partial charge in [0, 0.05) is 12.1 Å². The second-order valence-corrected chi connectivity index (χ2v) is 5.04. The Bertz CT molecular complexity index is 443. The van der Waals surface area contributed by atoms with Crippen molar-refractivity contribution in [3.05, 3.63) is 27.3 Å². The maximum Gasteiger partial charge on any atom is 0.133 e. The van der Waals surface area contributed by atoms with Gasteiger partial charge in [-0.15, -0.1) is 0 Å². The first-order chi connectivity index (χ1) is 8.26. The number of benzene rings is 1. The van der Waals surface area contributed by atoms with Gasteiger partial charge in [-0.25, -0.2) is 0 Å². The van der Waals surface area contributed by atoms with Crippen molar-refractivity contribution in [2.24, 2.45) is 0 Å². The van der Waals surface area contributed by atoms with Crippen molar-refractivity contribution in [1.82, 2.24) is 5.32 Å². The van der Waals surface area contributed by atoms with Gasteiger partial charge in [0.05, 0.1) is 17.8 Å². The van der Waals surface area contributed by atoms with Gasteiger partial charge in [0.15, 0.2) is 0 Å². The van der Waals surface area contributed by atoms with Gasteiger partial charge in [-0.2, -0.15) is 0 Å². The molecule has 0 aliphatic carbocycles. The van der Waals surface area contributed by atoms with E-state index in [9.17, 15) is 0 Å². The van der Waals surface area contributed by atoms with Crippen molar-refractivity contribution in [1.29, 1.82) is 0 Å². The summed E-state index contributed by atoms with van der Waals surface area (Å²) in [5, 5.41) is 3.37. The molecule has 1 heterocycles. The van der Waals surface area contributed by atoms with Crippen LogP contribution in [0.1, 0.15) is 12.0 Å². The summed E-state index contributed by atoms with van der Waals surface area (Å²) in [7, 11) is 3.40. The van der Waals surface area contributed by atoms with E-state index in [-0.39, 0.29) is 0 Å². The lowest BCUT2D eigenvalue weighted by Gasteiger charge is -2.18. The molecule has 0 fully saturated rings. The fraction of sp³-hybridized carbons (Fsp3) is 0.385. The Morgan fingerprint density at radius 2 is 1.94 bits per heavy atom. The van der Waals surface area contributed by atoms with Crippen LogP contribution in [0.2, 0.25) is 0 Å². The molecule has 1 aliphatic heterocycles. The van der Waals surface area contributed by atoms with E-state index in [2.05, 4.69) is 40.1 Å². The Morgan fingerprint density at radius 1 is 1.18 bits per heavy atom. The van der Waals surface area contributed by atoms with Gasteiger partial charge in [-0.1, -0.05) is 6.08 Å². The van der Waals surface area contributed by atoms with E-state index in [0.29, 0.717) is 0 Å². The molecule has 1 aliphatic rings. The van der Waals surface area contributed by atoms with Crippen LogP contribution >= 0.6 is 22.6 Å². The predicted octanol–water partition coefficient (Wildman–Crippen LogP) is 2.69. The fourth-order valence-corrected chi connectivity index (χ4v) is 2.62. The highest BCUT2D eigenvalue weighted by Crippen LogP contribution is 2.34. The fourth-order valence-electron chi connectivity index (χ4n) is 1.96. The molecule has 0 spiro atoms. The van der Waals surface area contributed by atoms with Crippen molar-refractivity contribution in [2.75, 3.05) is 27.3 Å². The van der Waals surface area contributed by atoms with E-state index < -0.39 is 0 Å².